The van der Waals surface area contributed by atoms with Crippen molar-refractivity contribution < 1.29 is 9.50 Å². The van der Waals surface area contributed by atoms with E-state index in [-0.39, 0.29) is 11.7 Å². The number of benzene rings is 1. The molecule has 0 aliphatic heterocycles. The number of rotatable bonds is 3. The van der Waals surface area contributed by atoms with Gasteiger partial charge in [0.15, 0.2) is 0 Å². The molecule has 3 heteroatoms. The zero-order valence-corrected chi connectivity index (χ0v) is 10.5. The molecule has 2 atom stereocenters. The Bertz CT molecular complexity index is 507. The third-order valence-electron chi connectivity index (χ3n) is 3.11. The van der Waals surface area contributed by atoms with Crippen molar-refractivity contribution in [1.29, 1.82) is 0 Å². The Morgan fingerprint density at radius 1 is 1.11 bits per heavy atom. The number of aryl methyl sites for hydroxylation is 1. The van der Waals surface area contributed by atoms with Crippen LogP contribution in [0.2, 0.25) is 0 Å². The number of aliphatic hydroxyl groups excluding tert-OH is 1. The largest absolute Gasteiger partial charge is 0.388 e. The van der Waals surface area contributed by atoms with Crippen LogP contribution in [0.5, 0.6) is 0 Å². The van der Waals surface area contributed by atoms with Crippen molar-refractivity contribution in [3.8, 4) is 0 Å². The Balaban J connectivity index is 2.28. The number of hydrogen-bond acceptors (Lipinski definition) is 2. The van der Waals surface area contributed by atoms with Gasteiger partial charge in [-0.15, -0.1) is 0 Å². The highest BCUT2D eigenvalue weighted by Crippen LogP contribution is 2.30. The topological polar surface area (TPSA) is 33.1 Å². The van der Waals surface area contributed by atoms with Gasteiger partial charge in [-0.3, -0.25) is 4.98 Å². The molecule has 1 heterocycles. The van der Waals surface area contributed by atoms with Gasteiger partial charge in [-0.1, -0.05) is 13.0 Å². The lowest BCUT2D eigenvalue weighted by molar-refractivity contribution is 0.151. The van der Waals surface area contributed by atoms with Crippen LogP contribution in [0.3, 0.4) is 0 Å². The van der Waals surface area contributed by atoms with Gasteiger partial charge in [0, 0.05) is 18.3 Å². The highest BCUT2D eigenvalue weighted by Gasteiger charge is 2.18. The van der Waals surface area contributed by atoms with Crippen LogP contribution in [0.1, 0.15) is 35.6 Å². The minimum Gasteiger partial charge on any atom is -0.388 e. The maximum atomic E-state index is 13.3. The zero-order chi connectivity index (χ0) is 13.1. The number of aliphatic hydroxyl groups is 1. The van der Waals surface area contributed by atoms with Gasteiger partial charge in [0.2, 0.25) is 0 Å². The van der Waals surface area contributed by atoms with E-state index in [1.807, 2.05) is 32.0 Å². The number of nitrogens with zero attached hydrogens (tertiary/aromatic N) is 1. The number of halogens is 1. The van der Waals surface area contributed by atoms with Gasteiger partial charge >= 0.3 is 0 Å². The molecule has 0 amide bonds. The molecule has 0 fully saturated rings. The van der Waals surface area contributed by atoms with Crippen molar-refractivity contribution in [2.24, 2.45) is 0 Å². The maximum absolute atomic E-state index is 13.3. The molecule has 1 N–H and O–H groups in total. The highest BCUT2D eigenvalue weighted by molar-refractivity contribution is 5.29. The van der Waals surface area contributed by atoms with Crippen molar-refractivity contribution in [3.05, 3.63) is 65.2 Å². The van der Waals surface area contributed by atoms with E-state index in [1.165, 1.54) is 12.1 Å². The van der Waals surface area contributed by atoms with E-state index in [1.54, 1.807) is 12.4 Å². The van der Waals surface area contributed by atoms with E-state index >= 15 is 0 Å². The third-order valence-corrected chi connectivity index (χ3v) is 3.11. The van der Waals surface area contributed by atoms with E-state index in [0.29, 0.717) is 5.56 Å². The molecule has 0 spiro atoms. The molecule has 0 saturated heterocycles. The van der Waals surface area contributed by atoms with Gasteiger partial charge in [-0.25, -0.2) is 4.39 Å². The summed E-state index contributed by atoms with van der Waals surface area (Å²) in [5.74, 6) is -0.417. The lowest BCUT2D eigenvalue weighted by Gasteiger charge is -2.20. The predicted octanol–water partition coefficient (Wildman–Crippen LogP) is 3.37. The van der Waals surface area contributed by atoms with Crippen molar-refractivity contribution in [2.45, 2.75) is 25.9 Å². The molecule has 0 radical (unpaired) electrons. The molecule has 18 heavy (non-hydrogen) atoms. The fraction of sp³-hybridized carbons (Fsp3) is 0.267. The fourth-order valence-corrected chi connectivity index (χ4v) is 2.07. The summed E-state index contributed by atoms with van der Waals surface area (Å²) in [7, 11) is 0. The zero-order valence-electron chi connectivity index (χ0n) is 10.5. The second-order valence-corrected chi connectivity index (χ2v) is 4.58. The molecule has 2 rings (SSSR count). The Labute approximate surface area is 106 Å². The number of hydrogen-bond donors (Lipinski definition) is 1. The van der Waals surface area contributed by atoms with Crippen LogP contribution >= 0.6 is 0 Å². The summed E-state index contributed by atoms with van der Waals surface area (Å²) in [6.45, 7) is 3.73. The maximum Gasteiger partial charge on any atom is 0.123 e. The molecule has 1 aromatic carbocycles. The van der Waals surface area contributed by atoms with E-state index in [0.717, 1.165) is 11.1 Å². The highest BCUT2D eigenvalue weighted by atomic mass is 19.1. The molecule has 0 saturated carbocycles. The summed E-state index contributed by atoms with van der Waals surface area (Å²) < 4.78 is 13.3. The van der Waals surface area contributed by atoms with Crippen molar-refractivity contribution in [3.63, 3.8) is 0 Å². The van der Waals surface area contributed by atoms with Gasteiger partial charge in [0.05, 0.1) is 6.10 Å². The quantitative estimate of drug-likeness (QED) is 0.899. The van der Waals surface area contributed by atoms with E-state index < -0.39 is 6.10 Å². The average molecular weight is 245 g/mol. The van der Waals surface area contributed by atoms with Gasteiger partial charge in [-0.2, -0.15) is 0 Å². The number of aromatic nitrogens is 1. The molecule has 0 aliphatic rings. The summed E-state index contributed by atoms with van der Waals surface area (Å²) in [4.78, 5) is 3.95. The van der Waals surface area contributed by atoms with Crippen molar-refractivity contribution >= 4 is 0 Å². The molecular weight excluding hydrogens is 229 g/mol. The summed E-state index contributed by atoms with van der Waals surface area (Å²) in [5, 5.41) is 10.3. The molecule has 0 aliphatic carbocycles. The first kappa shape index (κ1) is 12.7. The van der Waals surface area contributed by atoms with Crippen LogP contribution in [-0.4, -0.2) is 10.1 Å². The standard InChI is InChI=1S/C15H16FNO/c1-10-7-13(9-14(16)8-10)15(18)11(2)12-3-5-17-6-4-12/h3-9,11,15,18H,1-2H3. The molecule has 94 valence electrons. The lowest BCUT2D eigenvalue weighted by Crippen LogP contribution is -2.08. The summed E-state index contributed by atoms with van der Waals surface area (Å²) in [5.41, 5.74) is 2.40. The normalized spacial score (nSPS) is 14.2. The molecule has 0 bridgehead atoms. The SMILES string of the molecule is Cc1cc(F)cc(C(O)C(C)c2ccncc2)c1. The third kappa shape index (κ3) is 2.74. The summed E-state index contributed by atoms with van der Waals surface area (Å²) in [6, 6.07) is 8.37. The Morgan fingerprint density at radius 3 is 2.39 bits per heavy atom. The first-order valence-electron chi connectivity index (χ1n) is 5.93. The fourth-order valence-electron chi connectivity index (χ4n) is 2.07. The minimum absolute atomic E-state index is 0.103. The van der Waals surface area contributed by atoms with E-state index in [2.05, 4.69) is 4.98 Å². The summed E-state index contributed by atoms with van der Waals surface area (Å²) >= 11 is 0. The molecular formula is C15H16FNO. The lowest BCUT2D eigenvalue weighted by atomic mass is 9.91. The Morgan fingerprint density at radius 2 is 1.78 bits per heavy atom. The Hall–Kier alpha value is -1.74. The Kier molecular flexibility index (Phi) is 3.72. The van der Waals surface area contributed by atoms with Gasteiger partial charge < -0.3 is 5.11 Å². The van der Waals surface area contributed by atoms with Gasteiger partial charge in [0.1, 0.15) is 5.82 Å². The van der Waals surface area contributed by atoms with Crippen LogP contribution in [0, 0.1) is 12.7 Å². The number of pyridine rings is 1. The minimum atomic E-state index is -0.721. The van der Waals surface area contributed by atoms with Gasteiger partial charge in [0.25, 0.3) is 0 Å². The second kappa shape index (κ2) is 5.27. The van der Waals surface area contributed by atoms with Crippen LogP contribution in [0.4, 0.5) is 4.39 Å². The molecule has 2 aromatic rings. The molecule has 1 aromatic heterocycles. The first-order valence-corrected chi connectivity index (χ1v) is 5.93. The smallest absolute Gasteiger partial charge is 0.123 e. The van der Waals surface area contributed by atoms with E-state index in [9.17, 15) is 9.50 Å². The van der Waals surface area contributed by atoms with Gasteiger partial charge in [-0.05, 0) is 47.9 Å². The summed E-state index contributed by atoms with van der Waals surface area (Å²) in [6.07, 6.45) is 2.66. The van der Waals surface area contributed by atoms with Crippen molar-refractivity contribution in [2.75, 3.05) is 0 Å². The van der Waals surface area contributed by atoms with Crippen LogP contribution in [0.25, 0.3) is 0 Å². The van der Waals surface area contributed by atoms with Crippen molar-refractivity contribution in [1.82, 2.24) is 4.98 Å². The first-order chi connectivity index (χ1) is 8.58. The predicted molar refractivity (Wildman–Crippen MR) is 68.7 cm³/mol. The van der Waals surface area contributed by atoms with Crippen LogP contribution in [0.15, 0.2) is 42.7 Å². The molecule has 2 unspecified atom stereocenters. The average Bonchev–Trinajstić information content (AvgIpc) is 2.37. The van der Waals surface area contributed by atoms with Crippen LogP contribution in [-0.2, 0) is 0 Å². The van der Waals surface area contributed by atoms with Crippen LogP contribution < -0.4 is 0 Å². The van der Waals surface area contributed by atoms with E-state index in [4.69, 9.17) is 0 Å². The second-order valence-electron chi connectivity index (χ2n) is 4.58. The monoisotopic (exact) mass is 245 g/mol. The molecule has 2 nitrogen and oxygen atoms in total.